The van der Waals surface area contributed by atoms with Crippen molar-refractivity contribution in [3.8, 4) is 0 Å². The summed E-state index contributed by atoms with van der Waals surface area (Å²) in [6, 6.07) is 0.384. The van der Waals surface area contributed by atoms with Gasteiger partial charge in [0.05, 0.1) is 6.54 Å². The summed E-state index contributed by atoms with van der Waals surface area (Å²) in [7, 11) is 1.65. The first-order valence-corrected chi connectivity index (χ1v) is 7.52. The van der Waals surface area contributed by atoms with Crippen LogP contribution >= 0.6 is 0 Å². The molecule has 8 heteroatoms. The van der Waals surface area contributed by atoms with Crippen LogP contribution in [0.2, 0.25) is 0 Å². The van der Waals surface area contributed by atoms with E-state index in [1.54, 1.807) is 7.05 Å². The maximum absolute atomic E-state index is 12.5. The number of hydrogen-bond donors (Lipinski definition) is 2. The van der Waals surface area contributed by atoms with Crippen molar-refractivity contribution in [2.45, 2.75) is 57.4 Å². The molecule has 0 radical (unpaired) electrons. The van der Waals surface area contributed by atoms with Crippen LogP contribution in [0.5, 0.6) is 0 Å². The highest BCUT2D eigenvalue weighted by Gasteiger charge is 2.28. The largest absolute Gasteiger partial charge is 0.406 e. The van der Waals surface area contributed by atoms with Crippen LogP contribution in [0.3, 0.4) is 0 Å². The average Bonchev–Trinajstić information content (AvgIpc) is 2.89. The van der Waals surface area contributed by atoms with Crippen LogP contribution in [0.1, 0.15) is 37.9 Å². The number of guanidine groups is 1. The van der Waals surface area contributed by atoms with Crippen molar-refractivity contribution in [3.63, 3.8) is 0 Å². The van der Waals surface area contributed by atoms with Gasteiger partial charge in [0.2, 0.25) is 0 Å². The predicted octanol–water partition coefficient (Wildman–Crippen LogP) is 2.44. The Hall–Kier alpha value is -1.73. The van der Waals surface area contributed by atoms with E-state index in [1.165, 1.54) is 31.7 Å². The van der Waals surface area contributed by atoms with Crippen molar-refractivity contribution in [3.05, 3.63) is 18.2 Å². The van der Waals surface area contributed by atoms with E-state index in [4.69, 9.17) is 0 Å². The average molecular weight is 317 g/mol. The lowest BCUT2D eigenvalue weighted by Crippen LogP contribution is -2.44. The summed E-state index contributed by atoms with van der Waals surface area (Å²) in [5, 5.41) is 6.35. The molecular weight excluding hydrogens is 295 g/mol. The Morgan fingerprint density at radius 3 is 2.73 bits per heavy atom. The fourth-order valence-corrected chi connectivity index (χ4v) is 2.64. The molecule has 2 N–H and O–H groups in total. The molecule has 2 rings (SSSR count). The molecular formula is C14H22F3N5. The third-order valence-electron chi connectivity index (χ3n) is 3.73. The Labute approximate surface area is 128 Å². The molecule has 1 heterocycles. The van der Waals surface area contributed by atoms with Crippen LogP contribution in [0.15, 0.2) is 17.4 Å². The van der Waals surface area contributed by atoms with Gasteiger partial charge < -0.3 is 15.2 Å². The molecule has 0 spiro atoms. The summed E-state index contributed by atoms with van der Waals surface area (Å²) in [5.41, 5.74) is 0. The molecule has 0 aliphatic heterocycles. The van der Waals surface area contributed by atoms with Gasteiger partial charge in [-0.3, -0.25) is 4.99 Å². The topological polar surface area (TPSA) is 54.2 Å². The number of halogens is 3. The van der Waals surface area contributed by atoms with Gasteiger partial charge in [-0.2, -0.15) is 13.2 Å². The minimum atomic E-state index is -4.25. The molecule has 1 aromatic rings. The summed E-state index contributed by atoms with van der Waals surface area (Å²) >= 11 is 0. The van der Waals surface area contributed by atoms with Crippen molar-refractivity contribution in [1.82, 2.24) is 20.2 Å². The van der Waals surface area contributed by atoms with Gasteiger partial charge in [-0.1, -0.05) is 19.3 Å². The SMILES string of the molecule is CN=C(NCc1nccn1CC(F)(F)F)NC1CCCCC1. The van der Waals surface area contributed by atoms with E-state index in [1.807, 2.05) is 0 Å². The Morgan fingerprint density at radius 1 is 1.36 bits per heavy atom. The number of aliphatic imine (C=N–C) groups is 1. The van der Waals surface area contributed by atoms with Crippen molar-refractivity contribution in [1.29, 1.82) is 0 Å². The van der Waals surface area contributed by atoms with Gasteiger partial charge in [0, 0.05) is 25.5 Å². The number of alkyl halides is 3. The van der Waals surface area contributed by atoms with Gasteiger partial charge >= 0.3 is 6.18 Å². The fourth-order valence-electron chi connectivity index (χ4n) is 2.64. The predicted molar refractivity (Wildman–Crippen MR) is 78.5 cm³/mol. The quantitative estimate of drug-likeness (QED) is 0.662. The molecule has 0 aromatic carbocycles. The summed E-state index contributed by atoms with van der Waals surface area (Å²) in [6.07, 6.45) is 4.32. The van der Waals surface area contributed by atoms with Crippen molar-refractivity contribution < 1.29 is 13.2 Å². The number of aromatic nitrogens is 2. The van der Waals surface area contributed by atoms with Crippen LogP contribution in [0.4, 0.5) is 13.2 Å². The minimum Gasteiger partial charge on any atom is -0.354 e. The lowest BCUT2D eigenvalue weighted by atomic mass is 9.96. The highest BCUT2D eigenvalue weighted by atomic mass is 19.4. The Kier molecular flexibility index (Phi) is 5.68. The standard InChI is InChI=1S/C14H22F3N5/c1-18-13(21-11-5-3-2-4-6-11)20-9-12-19-7-8-22(12)10-14(15,16)17/h7-8,11H,2-6,9-10H2,1H3,(H2,18,20,21). The number of nitrogens with one attached hydrogen (secondary N) is 2. The number of imidazole rings is 1. The van der Waals surface area contributed by atoms with E-state index in [9.17, 15) is 13.2 Å². The van der Waals surface area contributed by atoms with E-state index in [-0.39, 0.29) is 6.54 Å². The van der Waals surface area contributed by atoms with Crippen molar-refractivity contribution in [2.75, 3.05) is 7.05 Å². The van der Waals surface area contributed by atoms with E-state index in [0.29, 0.717) is 17.8 Å². The van der Waals surface area contributed by atoms with Crippen LogP contribution in [0, 0.1) is 0 Å². The second-order valence-electron chi connectivity index (χ2n) is 5.49. The van der Waals surface area contributed by atoms with Crippen LogP contribution < -0.4 is 10.6 Å². The van der Waals surface area contributed by atoms with Gasteiger partial charge in [0.15, 0.2) is 5.96 Å². The minimum absolute atomic E-state index is 0.204. The van der Waals surface area contributed by atoms with E-state index in [0.717, 1.165) is 17.4 Å². The van der Waals surface area contributed by atoms with Gasteiger partial charge in [0.25, 0.3) is 0 Å². The summed E-state index contributed by atoms with van der Waals surface area (Å²) < 4.78 is 38.5. The monoisotopic (exact) mass is 317 g/mol. The lowest BCUT2D eigenvalue weighted by molar-refractivity contribution is -0.141. The number of hydrogen-bond acceptors (Lipinski definition) is 2. The molecule has 5 nitrogen and oxygen atoms in total. The molecule has 124 valence electrons. The molecule has 1 fully saturated rings. The maximum Gasteiger partial charge on any atom is 0.406 e. The molecule has 1 aliphatic rings. The fraction of sp³-hybridized carbons (Fsp3) is 0.714. The molecule has 0 atom stereocenters. The normalized spacial score (nSPS) is 17.5. The highest BCUT2D eigenvalue weighted by Crippen LogP contribution is 2.18. The molecule has 0 unspecified atom stereocenters. The zero-order valence-electron chi connectivity index (χ0n) is 12.7. The molecule has 0 bridgehead atoms. The third kappa shape index (κ3) is 5.23. The van der Waals surface area contributed by atoms with Crippen LogP contribution in [-0.4, -0.2) is 34.8 Å². The van der Waals surface area contributed by atoms with E-state index in [2.05, 4.69) is 20.6 Å². The first kappa shape index (κ1) is 16.6. The van der Waals surface area contributed by atoms with Gasteiger partial charge in [-0.05, 0) is 12.8 Å². The van der Waals surface area contributed by atoms with Crippen molar-refractivity contribution >= 4 is 5.96 Å². The first-order chi connectivity index (χ1) is 10.5. The first-order valence-electron chi connectivity index (χ1n) is 7.52. The van der Waals surface area contributed by atoms with Gasteiger partial charge in [0.1, 0.15) is 12.4 Å². The van der Waals surface area contributed by atoms with Crippen LogP contribution in [-0.2, 0) is 13.1 Å². The molecule has 22 heavy (non-hydrogen) atoms. The second kappa shape index (κ2) is 7.51. The number of rotatable bonds is 4. The second-order valence-corrected chi connectivity index (χ2v) is 5.49. The molecule has 1 aromatic heterocycles. The van der Waals surface area contributed by atoms with E-state index < -0.39 is 12.7 Å². The Morgan fingerprint density at radius 2 is 2.09 bits per heavy atom. The molecule has 0 amide bonds. The lowest BCUT2D eigenvalue weighted by Gasteiger charge is -2.24. The van der Waals surface area contributed by atoms with Gasteiger partial charge in [-0.15, -0.1) is 0 Å². The Bertz CT molecular complexity index is 489. The summed E-state index contributed by atoms with van der Waals surface area (Å²) in [5.74, 6) is 0.942. The van der Waals surface area contributed by atoms with Crippen LogP contribution in [0.25, 0.3) is 0 Å². The van der Waals surface area contributed by atoms with E-state index >= 15 is 0 Å². The maximum atomic E-state index is 12.5. The highest BCUT2D eigenvalue weighted by molar-refractivity contribution is 5.79. The summed E-state index contributed by atoms with van der Waals surface area (Å²) in [4.78, 5) is 8.09. The Balaban J connectivity index is 1.87. The van der Waals surface area contributed by atoms with Gasteiger partial charge in [-0.25, -0.2) is 4.98 Å². The number of nitrogens with zero attached hydrogens (tertiary/aromatic N) is 3. The molecule has 1 saturated carbocycles. The third-order valence-corrected chi connectivity index (χ3v) is 3.73. The zero-order chi connectivity index (χ0) is 16.0. The zero-order valence-corrected chi connectivity index (χ0v) is 12.7. The smallest absolute Gasteiger partial charge is 0.354 e. The molecule has 1 aliphatic carbocycles. The van der Waals surface area contributed by atoms with Crippen molar-refractivity contribution in [2.24, 2.45) is 4.99 Å². The molecule has 0 saturated heterocycles. The summed E-state index contributed by atoms with van der Waals surface area (Å²) in [6.45, 7) is -0.825.